The molecule has 0 saturated heterocycles. The number of benzene rings is 1. The molecule has 1 aromatic carbocycles. The number of anilines is 1. The number of rotatable bonds is 19. The summed E-state index contributed by atoms with van der Waals surface area (Å²) in [6.07, 6.45) is 10.6. The minimum Gasteiger partial charge on any atom is -0.393 e. The number of nitrogens with zero attached hydrogens (tertiary/aromatic N) is 4. The third kappa shape index (κ3) is 11.3. The van der Waals surface area contributed by atoms with Gasteiger partial charge in [0.1, 0.15) is 5.82 Å². The smallest absolute Gasteiger partial charge is 0.224 e. The van der Waals surface area contributed by atoms with Gasteiger partial charge in [-0.05, 0) is 81.4 Å². The Kier molecular flexibility index (Phi) is 14.5. The predicted molar refractivity (Wildman–Crippen MR) is 226 cm³/mol. The number of aliphatic hydroxyl groups excluding tert-OH is 1. The second-order valence-electron chi connectivity index (χ2n) is 17.2. The van der Waals surface area contributed by atoms with Gasteiger partial charge in [0.15, 0.2) is 11.4 Å². The number of carbonyl (C=O) groups excluding carboxylic acids is 3. The lowest BCUT2D eigenvalue weighted by Crippen LogP contribution is -2.51. The Bertz CT molecular complexity index is 1950. The maximum atomic E-state index is 14.1. The minimum atomic E-state index is -0.680. The lowest BCUT2D eigenvalue weighted by Gasteiger charge is -2.33. The summed E-state index contributed by atoms with van der Waals surface area (Å²) >= 11 is 1.61. The van der Waals surface area contributed by atoms with Crippen LogP contribution < -0.4 is 21.3 Å². The molecule has 0 spiro atoms. The number of thiazole rings is 1. The summed E-state index contributed by atoms with van der Waals surface area (Å²) in [7, 11) is 0. The fourth-order valence-electron chi connectivity index (χ4n) is 8.55. The molecule has 13 heteroatoms. The van der Waals surface area contributed by atoms with Gasteiger partial charge in [-0.3, -0.25) is 14.4 Å². The van der Waals surface area contributed by atoms with E-state index >= 15 is 0 Å². The van der Waals surface area contributed by atoms with E-state index in [0.29, 0.717) is 25.9 Å². The van der Waals surface area contributed by atoms with E-state index in [1.807, 2.05) is 68.1 Å². The van der Waals surface area contributed by atoms with Crippen molar-refractivity contribution in [1.29, 1.82) is 0 Å². The third-order valence-electron chi connectivity index (χ3n) is 11.6. The summed E-state index contributed by atoms with van der Waals surface area (Å²) in [6.45, 7) is 11.3. The normalized spacial score (nSPS) is 21.5. The van der Waals surface area contributed by atoms with Crippen molar-refractivity contribution in [3.8, 4) is 10.4 Å². The first-order valence-corrected chi connectivity index (χ1v) is 21.9. The Morgan fingerprint density at radius 3 is 2.47 bits per heavy atom. The lowest BCUT2D eigenvalue weighted by molar-refractivity contribution is -0.135. The molecule has 2 aliphatic carbocycles. The standard InChI is InChI=1S/C44H62N8O4S/c1-6-11-31-23-38(52-37(49-31)19-21-48-52)50-32-17-18-33(22-32)51-39(54)12-9-7-8-10-20-45-42(44(3,4)5)40(55)35-24-34(53)25-36(35)43(56)46-26-29-13-15-30(16-14-29)41-28(2)47-27-57-41/h13-16,19,21,23,27,32-36,42,45,50,53H,6-12,17-18,20,22,24-26H2,1-5H3,(H,46,56)(H,51,54)/t32-,33?,34+,35?,36-,42-/m1/s1. The molecule has 57 heavy (non-hydrogen) atoms. The van der Waals surface area contributed by atoms with Crippen LogP contribution in [-0.4, -0.2) is 73.1 Å². The quantitative estimate of drug-likeness (QED) is 0.0644. The largest absolute Gasteiger partial charge is 0.393 e. The van der Waals surface area contributed by atoms with Gasteiger partial charge in [-0.15, -0.1) is 11.3 Å². The van der Waals surface area contributed by atoms with Crippen molar-refractivity contribution in [2.45, 2.75) is 142 Å². The van der Waals surface area contributed by atoms with Crippen molar-refractivity contribution in [1.82, 2.24) is 35.5 Å². The Balaban J connectivity index is 0.891. The Hall–Kier alpha value is -4.20. The number of aromatic nitrogens is 4. The second-order valence-corrected chi connectivity index (χ2v) is 18.1. The van der Waals surface area contributed by atoms with Crippen LogP contribution in [0.25, 0.3) is 16.1 Å². The van der Waals surface area contributed by atoms with Gasteiger partial charge in [-0.25, -0.2) is 9.97 Å². The van der Waals surface area contributed by atoms with Crippen LogP contribution in [-0.2, 0) is 27.3 Å². The van der Waals surface area contributed by atoms with Gasteiger partial charge in [-0.2, -0.15) is 9.61 Å². The highest BCUT2D eigenvalue weighted by molar-refractivity contribution is 7.13. The number of hydrogen-bond donors (Lipinski definition) is 5. The van der Waals surface area contributed by atoms with Crippen LogP contribution >= 0.6 is 11.3 Å². The summed E-state index contributed by atoms with van der Waals surface area (Å²) in [6, 6.07) is 12.1. The maximum Gasteiger partial charge on any atom is 0.224 e. The van der Waals surface area contributed by atoms with Gasteiger partial charge in [0, 0.05) is 48.8 Å². The van der Waals surface area contributed by atoms with Gasteiger partial charge in [0.05, 0.1) is 40.3 Å². The first-order valence-electron chi connectivity index (χ1n) is 21.0. The molecule has 2 saturated carbocycles. The number of unbranched alkanes of at least 4 members (excludes halogenated alkanes) is 3. The summed E-state index contributed by atoms with van der Waals surface area (Å²) in [5, 5.41) is 28.5. The van der Waals surface area contributed by atoms with Gasteiger partial charge in [-0.1, -0.05) is 71.2 Å². The van der Waals surface area contributed by atoms with E-state index in [1.165, 1.54) is 0 Å². The summed E-state index contributed by atoms with van der Waals surface area (Å²) in [5.74, 6) is -0.225. The number of carbonyl (C=O) groups is 3. The average Bonchev–Trinajstić information content (AvgIpc) is 4.00. The van der Waals surface area contributed by atoms with E-state index in [4.69, 9.17) is 4.98 Å². The lowest BCUT2D eigenvalue weighted by atomic mass is 9.77. The molecule has 0 aliphatic heterocycles. The number of ketones is 1. The minimum absolute atomic E-state index is 0.00111. The highest BCUT2D eigenvalue weighted by atomic mass is 32.1. The number of amides is 2. The van der Waals surface area contributed by atoms with Crippen LogP contribution in [0, 0.1) is 24.2 Å². The number of nitrogens with one attached hydrogen (secondary N) is 4. The summed E-state index contributed by atoms with van der Waals surface area (Å²) < 4.78 is 1.85. The molecule has 0 bridgehead atoms. The first-order chi connectivity index (χ1) is 27.4. The molecule has 6 atom stereocenters. The molecule has 2 amide bonds. The summed E-state index contributed by atoms with van der Waals surface area (Å²) in [5.41, 5.74) is 6.46. The van der Waals surface area contributed by atoms with Crippen molar-refractivity contribution < 1.29 is 19.5 Å². The molecule has 2 fully saturated rings. The SMILES string of the molecule is CCCc1cc(N[C@@H]2CCC(NC(=O)CCCCCCN[C@H](C(=O)C3C[C@H](O)C[C@H]3C(=O)NCc3ccc(-c4scnc4C)cc3)C(C)(C)C)C2)n2nccc2n1. The topological polar surface area (TPSA) is 163 Å². The molecule has 3 heterocycles. The van der Waals surface area contributed by atoms with Crippen LogP contribution in [0.1, 0.15) is 115 Å². The van der Waals surface area contributed by atoms with E-state index in [9.17, 15) is 19.5 Å². The number of Topliss-reactive ketones (excluding diaryl/α,β-unsaturated/α-hetero) is 1. The predicted octanol–water partition coefficient (Wildman–Crippen LogP) is 6.79. The molecule has 2 aliphatic rings. The molecule has 3 aromatic heterocycles. The molecule has 4 aromatic rings. The Morgan fingerprint density at radius 1 is 0.982 bits per heavy atom. The molecule has 12 nitrogen and oxygen atoms in total. The highest BCUT2D eigenvalue weighted by Crippen LogP contribution is 2.37. The number of fused-ring (bicyclic) bond motifs is 1. The van der Waals surface area contributed by atoms with Crippen molar-refractivity contribution in [3.63, 3.8) is 0 Å². The van der Waals surface area contributed by atoms with Crippen LogP contribution in [0.3, 0.4) is 0 Å². The van der Waals surface area contributed by atoms with Gasteiger partial charge in [0.25, 0.3) is 0 Å². The Morgan fingerprint density at radius 2 is 1.74 bits per heavy atom. The number of aliphatic hydroxyl groups is 1. The second kappa shape index (κ2) is 19.5. The molecule has 5 N–H and O–H groups in total. The molecule has 308 valence electrons. The monoisotopic (exact) mass is 798 g/mol. The van der Waals surface area contributed by atoms with Gasteiger partial charge in [0.2, 0.25) is 11.8 Å². The Labute approximate surface area is 341 Å². The van der Waals surface area contributed by atoms with Crippen LogP contribution in [0.15, 0.2) is 48.1 Å². The molecule has 6 rings (SSSR count). The van der Waals surface area contributed by atoms with E-state index in [0.717, 1.165) is 96.6 Å². The van der Waals surface area contributed by atoms with Gasteiger partial charge >= 0.3 is 0 Å². The number of aryl methyl sites for hydroxylation is 2. The fraction of sp³-hybridized carbons (Fsp3) is 0.591. The zero-order valence-corrected chi connectivity index (χ0v) is 35.2. The third-order valence-corrected chi connectivity index (χ3v) is 12.5. The fourth-order valence-corrected chi connectivity index (χ4v) is 9.36. The zero-order chi connectivity index (χ0) is 40.5. The van der Waals surface area contributed by atoms with Crippen LogP contribution in [0.5, 0.6) is 0 Å². The van der Waals surface area contributed by atoms with Crippen LogP contribution in [0.4, 0.5) is 5.82 Å². The average molecular weight is 799 g/mol. The van der Waals surface area contributed by atoms with Crippen molar-refractivity contribution in [2.75, 3.05) is 11.9 Å². The van der Waals surface area contributed by atoms with Crippen molar-refractivity contribution in [2.24, 2.45) is 17.3 Å². The summed E-state index contributed by atoms with van der Waals surface area (Å²) in [4.78, 5) is 50.5. The number of hydrogen-bond acceptors (Lipinski definition) is 10. The highest BCUT2D eigenvalue weighted by Gasteiger charge is 2.46. The van der Waals surface area contributed by atoms with E-state index in [-0.39, 0.29) is 41.5 Å². The van der Waals surface area contributed by atoms with E-state index < -0.39 is 24.0 Å². The molecule has 0 radical (unpaired) electrons. The zero-order valence-electron chi connectivity index (χ0n) is 34.4. The molecular weight excluding hydrogens is 737 g/mol. The van der Waals surface area contributed by atoms with Crippen molar-refractivity contribution >= 4 is 40.4 Å². The van der Waals surface area contributed by atoms with E-state index in [2.05, 4.69) is 44.3 Å². The van der Waals surface area contributed by atoms with Crippen molar-refractivity contribution in [3.05, 3.63) is 65.1 Å². The van der Waals surface area contributed by atoms with Gasteiger partial charge < -0.3 is 26.4 Å². The molecular formula is C44H62N8O4S. The van der Waals surface area contributed by atoms with E-state index in [1.54, 1.807) is 17.5 Å². The maximum absolute atomic E-state index is 14.1. The molecule has 2 unspecified atom stereocenters. The van der Waals surface area contributed by atoms with Crippen LogP contribution in [0.2, 0.25) is 0 Å². The first kappa shape index (κ1) is 42.4.